The highest BCUT2D eigenvalue weighted by atomic mass is 16.5. The predicted molar refractivity (Wildman–Crippen MR) is 96.6 cm³/mol. The first-order valence-electron chi connectivity index (χ1n) is 8.37. The Hall–Kier alpha value is -2.24. The second kappa shape index (κ2) is 8.04. The highest BCUT2D eigenvalue weighted by Crippen LogP contribution is 2.25. The van der Waals surface area contributed by atoms with E-state index < -0.39 is 0 Å². The number of ether oxygens (including phenoxy) is 1. The molecule has 2 rings (SSSR count). The molecule has 0 aliphatic carbocycles. The zero-order chi connectivity index (χ0) is 17.6. The fourth-order valence-corrected chi connectivity index (χ4v) is 2.57. The molecule has 0 fully saturated rings. The smallest absolute Gasteiger partial charge is 0.239 e. The van der Waals surface area contributed by atoms with Gasteiger partial charge in [0.25, 0.3) is 0 Å². The molecular formula is C18H28N4O2. The van der Waals surface area contributed by atoms with Gasteiger partial charge in [0.2, 0.25) is 5.91 Å². The van der Waals surface area contributed by atoms with Crippen molar-refractivity contribution in [2.45, 2.75) is 39.2 Å². The van der Waals surface area contributed by atoms with E-state index in [0.29, 0.717) is 5.96 Å². The average molecular weight is 332 g/mol. The van der Waals surface area contributed by atoms with Crippen LogP contribution in [0, 0.1) is 0 Å². The standard InChI is InChI=1S/C18H28N4O2/c1-18(2,3)22-16(23)12-21-17(19-4)20-9-7-13-5-6-15-14(11-13)8-10-24-15/h5-6,11H,7-10,12H2,1-4H3,(H,22,23)(H2,19,20,21). The number of nitrogens with one attached hydrogen (secondary N) is 3. The molecule has 6 heteroatoms. The number of hydrogen-bond acceptors (Lipinski definition) is 3. The number of aliphatic imine (C=N–C) groups is 1. The van der Waals surface area contributed by atoms with Crippen LogP contribution in [0.5, 0.6) is 5.75 Å². The molecule has 1 amide bonds. The first-order chi connectivity index (χ1) is 11.4. The minimum absolute atomic E-state index is 0.0518. The Bertz CT molecular complexity index is 606. The summed E-state index contributed by atoms with van der Waals surface area (Å²) in [6.07, 6.45) is 1.88. The highest BCUT2D eigenvalue weighted by molar-refractivity contribution is 5.86. The van der Waals surface area contributed by atoms with Gasteiger partial charge in [-0.05, 0) is 44.4 Å². The van der Waals surface area contributed by atoms with Crippen molar-refractivity contribution in [1.82, 2.24) is 16.0 Å². The Labute approximate surface area is 144 Å². The van der Waals surface area contributed by atoms with E-state index in [1.165, 1.54) is 11.1 Å². The Kier molecular flexibility index (Phi) is 6.06. The molecule has 6 nitrogen and oxygen atoms in total. The van der Waals surface area contributed by atoms with Gasteiger partial charge in [0, 0.05) is 25.6 Å². The number of benzene rings is 1. The summed E-state index contributed by atoms with van der Waals surface area (Å²) >= 11 is 0. The molecule has 0 spiro atoms. The molecular weight excluding hydrogens is 304 g/mol. The number of fused-ring (bicyclic) bond motifs is 1. The number of rotatable bonds is 5. The van der Waals surface area contributed by atoms with Crippen LogP contribution in [0.1, 0.15) is 31.9 Å². The largest absolute Gasteiger partial charge is 0.493 e. The van der Waals surface area contributed by atoms with Crippen LogP contribution in [0.2, 0.25) is 0 Å². The molecule has 1 aromatic carbocycles. The summed E-state index contributed by atoms with van der Waals surface area (Å²) in [6.45, 7) is 7.61. The number of carbonyl (C=O) groups is 1. The zero-order valence-electron chi connectivity index (χ0n) is 15.0. The van der Waals surface area contributed by atoms with Crippen LogP contribution in [-0.2, 0) is 17.6 Å². The SMILES string of the molecule is CN=C(NCCc1ccc2c(c1)CCO2)NCC(=O)NC(C)(C)C. The molecule has 0 bridgehead atoms. The average Bonchev–Trinajstić information content (AvgIpc) is 2.96. The van der Waals surface area contributed by atoms with Gasteiger partial charge < -0.3 is 20.7 Å². The maximum absolute atomic E-state index is 11.8. The van der Waals surface area contributed by atoms with Crippen LogP contribution < -0.4 is 20.7 Å². The lowest BCUT2D eigenvalue weighted by atomic mass is 10.1. The van der Waals surface area contributed by atoms with E-state index in [4.69, 9.17) is 4.74 Å². The van der Waals surface area contributed by atoms with Crippen molar-refractivity contribution in [2.24, 2.45) is 4.99 Å². The summed E-state index contributed by atoms with van der Waals surface area (Å²) in [5.41, 5.74) is 2.33. The van der Waals surface area contributed by atoms with Crippen molar-refractivity contribution in [2.75, 3.05) is 26.7 Å². The summed E-state index contributed by atoms with van der Waals surface area (Å²) in [4.78, 5) is 16.0. The van der Waals surface area contributed by atoms with Crippen LogP contribution in [0.25, 0.3) is 0 Å². The van der Waals surface area contributed by atoms with Crippen molar-refractivity contribution in [3.05, 3.63) is 29.3 Å². The van der Waals surface area contributed by atoms with Crippen molar-refractivity contribution >= 4 is 11.9 Å². The molecule has 1 aromatic rings. The highest BCUT2D eigenvalue weighted by Gasteiger charge is 2.14. The fraction of sp³-hybridized carbons (Fsp3) is 0.556. The van der Waals surface area contributed by atoms with E-state index in [-0.39, 0.29) is 18.0 Å². The summed E-state index contributed by atoms with van der Waals surface area (Å²) in [5, 5.41) is 9.17. The number of amides is 1. The summed E-state index contributed by atoms with van der Waals surface area (Å²) in [7, 11) is 1.70. The number of hydrogen-bond donors (Lipinski definition) is 3. The van der Waals surface area contributed by atoms with Crippen molar-refractivity contribution < 1.29 is 9.53 Å². The van der Waals surface area contributed by atoms with Crippen molar-refractivity contribution in [3.8, 4) is 5.75 Å². The second-order valence-corrected chi connectivity index (χ2v) is 6.94. The van der Waals surface area contributed by atoms with E-state index >= 15 is 0 Å². The first kappa shape index (κ1) is 18.1. The number of nitrogens with zero attached hydrogens (tertiary/aromatic N) is 1. The minimum Gasteiger partial charge on any atom is -0.493 e. The third kappa shape index (κ3) is 5.76. The Morgan fingerprint density at radius 2 is 2.08 bits per heavy atom. The number of guanidine groups is 1. The zero-order valence-corrected chi connectivity index (χ0v) is 15.0. The van der Waals surface area contributed by atoms with E-state index in [2.05, 4.69) is 33.1 Å². The first-order valence-corrected chi connectivity index (χ1v) is 8.37. The van der Waals surface area contributed by atoms with E-state index in [9.17, 15) is 4.79 Å². The van der Waals surface area contributed by atoms with E-state index in [1.54, 1.807) is 7.05 Å². The molecule has 1 aliphatic heterocycles. The molecule has 0 atom stereocenters. The summed E-state index contributed by atoms with van der Waals surface area (Å²) < 4.78 is 5.52. The lowest BCUT2D eigenvalue weighted by Crippen LogP contribution is -2.48. The minimum atomic E-state index is -0.229. The van der Waals surface area contributed by atoms with Gasteiger partial charge in [0.1, 0.15) is 5.75 Å². The van der Waals surface area contributed by atoms with Gasteiger partial charge in [-0.2, -0.15) is 0 Å². The summed E-state index contributed by atoms with van der Waals surface area (Å²) in [5.74, 6) is 1.58. The van der Waals surface area contributed by atoms with E-state index in [1.807, 2.05) is 26.8 Å². The predicted octanol–water partition coefficient (Wildman–Crippen LogP) is 1.24. The molecule has 24 heavy (non-hydrogen) atoms. The maximum atomic E-state index is 11.8. The third-order valence-electron chi connectivity index (χ3n) is 3.61. The normalized spacial score (nSPS) is 13.9. The van der Waals surface area contributed by atoms with Crippen LogP contribution in [0.4, 0.5) is 0 Å². The van der Waals surface area contributed by atoms with Crippen LogP contribution in [0.15, 0.2) is 23.2 Å². The fourth-order valence-electron chi connectivity index (χ4n) is 2.57. The van der Waals surface area contributed by atoms with Crippen molar-refractivity contribution in [1.29, 1.82) is 0 Å². The lowest BCUT2D eigenvalue weighted by molar-refractivity contribution is -0.121. The molecule has 0 saturated heterocycles. The quantitative estimate of drug-likeness (QED) is 0.560. The molecule has 132 valence electrons. The molecule has 0 radical (unpaired) electrons. The molecule has 1 aliphatic rings. The van der Waals surface area contributed by atoms with Gasteiger partial charge in [-0.25, -0.2) is 0 Å². The van der Waals surface area contributed by atoms with Crippen LogP contribution >= 0.6 is 0 Å². The monoisotopic (exact) mass is 332 g/mol. The molecule has 0 unspecified atom stereocenters. The maximum Gasteiger partial charge on any atom is 0.239 e. The van der Waals surface area contributed by atoms with Gasteiger partial charge in [-0.15, -0.1) is 0 Å². The van der Waals surface area contributed by atoms with Gasteiger partial charge in [-0.3, -0.25) is 9.79 Å². The Morgan fingerprint density at radius 1 is 1.29 bits per heavy atom. The van der Waals surface area contributed by atoms with Crippen LogP contribution in [-0.4, -0.2) is 44.1 Å². The third-order valence-corrected chi connectivity index (χ3v) is 3.61. The number of carbonyl (C=O) groups excluding carboxylic acids is 1. The Morgan fingerprint density at radius 3 is 2.79 bits per heavy atom. The van der Waals surface area contributed by atoms with Gasteiger partial charge in [-0.1, -0.05) is 12.1 Å². The second-order valence-electron chi connectivity index (χ2n) is 6.94. The van der Waals surface area contributed by atoms with Gasteiger partial charge in [0.15, 0.2) is 5.96 Å². The molecule has 3 N–H and O–H groups in total. The van der Waals surface area contributed by atoms with Crippen molar-refractivity contribution in [3.63, 3.8) is 0 Å². The summed E-state index contributed by atoms with van der Waals surface area (Å²) in [6, 6.07) is 6.34. The molecule has 0 aromatic heterocycles. The molecule has 1 heterocycles. The van der Waals surface area contributed by atoms with Gasteiger partial charge >= 0.3 is 0 Å². The lowest BCUT2D eigenvalue weighted by Gasteiger charge is -2.21. The Balaban J connectivity index is 1.73. The van der Waals surface area contributed by atoms with Gasteiger partial charge in [0.05, 0.1) is 13.2 Å². The topological polar surface area (TPSA) is 74.8 Å². The van der Waals surface area contributed by atoms with E-state index in [0.717, 1.165) is 31.7 Å². The van der Waals surface area contributed by atoms with Crippen LogP contribution in [0.3, 0.4) is 0 Å². The molecule has 0 saturated carbocycles.